The molecule has 8 N–H and O–H groups in total. The van der Waals surface area contributed by atoms with Gasteiger partial charge in [0, 0.05) is 24.1 Å². The van der Waals surface area contributed by atoms with Crippen LogP contribution in [0.5, 0.6) is 5.75 Å². The van der Waals surface area contributed by atoms with Gasteiger partial charge in [-0.1, -0.05) is 24.3 Å². The number of anilines is 3. The lowest BCUT2D eigenvalue weighted by molar-refractivity contribution is -0.137. The number of hydrogen-bond acceptors (Lipinski definition) is 14. The SMILES string of the molecule is CCOP(OCC)OCCCCc1ccc(OC(=O)c2ccccc2NC(=O)CCCC(=O)O)cc1.NC(=O)c1ccc(NCc2cnc3nc(N)[nH]c(=O)c3n2)cc1. The number of nitrogens with zero attached hydrogens (tertiary/aromatic N) is 3. The quantitative estimate of drug-likeness (QED) is 0.0223. The number of carboxylic acid groups (broad SMARTS) is 1. The van der Waals surface area contributed by atoms with Crippen molar-refractivity contribution in [1.82, 2.24) is 19.9 Å². The molecule has 0 radical (unpaired) electrons. The van der Waals surface area contributed by atoms with Crippen molar-refractivity contribution in [1.29, 1.82) is 0 Å². The number of nitrogens with one attached hydrogen (secondary N) is 3. The summed E-state index contributed by atoms with van der Waals surface area (Å²) < 4.78 is 22.0. The third kappa shape index (κ3) is 15.5. The number of aryl methyl sites for hydroxylation is 1. The van der Waals surface area contributed by atoms with Crippen LogP contribution >= 0.6 is 8.60 Å². The lowest BCUT2D eigenvalue weighted by Gasteiger charge is -2.14. The van der Waals surface area contributed by atoms with Crippen LogP contribution in [-0.4, -0.2) is 68.6 Å². The van der Waals surface area contributed by atoms with E-state index >= 15 is 0 Å². The second-order valence-electron chi connectivity index (χ2n) is 12.5. The third-order valence-electron chi connectivity index (χ3n) is 8.00. The molecule has 59 heavy (non-hydrogen) atoms. The monoisotopic (exact) mass is 830 g/mol. The number of amides is 2. The number of nitrogen functional groups attached to an aromatic ring is 1. The zero-order valence-electron chi connectivity index (χ0n) is 32.6. The number of carbonyl (C=O) groups excluding carboxylic acids is 3. The first-order valence-corrected chi connectivity index (χ1v) is 19.8. The van der Waals surface area contributed by atoms with Crippen LogP contribution in [0.25, 0.3) is 11.2 Å². The van der Waals surface area contributed by atoms with Crippen LogP contribution in [0.15, 0.2) is 83.8 Å². The van der Waals surface area contributed by atoms with Crippen molar-refractivity contribution in [2.24, 2.45) is 5.73 Å². The van der Waals surface area contributed by atoms with Crippen LogP contribution in [0.4, 0.5) is 17.3 Å². The zero-order valence-corrected chi connectivity index (χ0v) is 33.5. The Kier molecular flexibility index (Phi) is 18.3. The number of esters is 1. The molecule has 0 fully saturated rings. The molecule has 0 unspecified atom stereocenters. The fraction of sp³-hybridized carbons (Fsp3) is 0.300. The van der Waals surface area contributed by atoms with Crippen LogP contribution in [0.1, 0.15) is 77.9 Å². The number of carbonyl (C=O) groups is 4. The number of nitrogens with two attached hydrogens (primary N) is 2. The summed E-state index contributed by atoms with van der Waals surface area (Å²) in [5.41, 5.74) is 13.9. The Morgan fingerprint density at radius 3 is 2.25 bits per heavy atom. The molecule has 0 spiro atoms. The summed E-state index contributed by atoms with van der Waals surface area (Å²) in [4.78, 5) is 72.8. The van der Waals surface area contributed by atoms with Crippen LogP contribution in [0, 0.1) is 0 Å². The number of aliphatic carboxylic acids is 1. The van der Waals surface area contributed by atoms with Crippen molar-refractivity contribution >= 4 is 60.8 Å². The van der Waals surface area contributed by atoms with Gasteiger partial charge in [-0.3, -0.25) is 24.2 Å². The molecule has 0 bridgehead atoms. The second kappa shape index (κ2) is 23.8. The van der Waals surface area contributed by atoms with E-state index in [2.05, 4.69) is 30.6 Å². The normalized spacial score (nSPS) is 10.8. The molecular weight excluding hydrogens is 783 g/mol. The van der Waals surface area contributed by atoms with E-state index in [1.807, 2.05) is 26.0 Å². The number of carboxylic acids is 1. The number of ether oxygens (including phenoxy) is 1. The number of H-pyrrole nitrogens is 1. The molecule has 2 heterocycles. The van der Waals surface area contributed by atoms with Gasteiger partial charge < -0.3 is 45.5 Å². The highest BCUT2D eigenvalue weighted by molar-refractivity contribution is 7.41. The Labute approximate surface area is 341 Å². The Hall–Kier alpha value is -6.33. The summed E-state index contributed by atoms with van der Waals surface area (Å²) in [6.07, 6.45) is 4.34. The maximum atomic E-state index is 12.7. The van der Waals surface area contributed by atoms with Gasteiger partial charge in [-0.25, -0.2) is 14.8 Å². The predicted octanol–water partition coefficient (Wildman–Crippen LogP) is 5.74. The van der Waals surface area contributed by atoms with E-state index < -0.39 is 32.0 Å². The van der Waals surface area contributed by atoms with Gasteiger partial charge in [0.05, 0.1) is 49.5 Å². The highest BCUT2D eigenvalue weighted by Crippen LogP contribution is 2.39. The van der Waals surface area contributed by atoms with E-state index in [0.717, 1.165) is 30.5 Å². The molecule has 0 saturated carbocycles. The molecule has 0 aliphatic rings. The Bertz CT molecular complexity index is 2220. The van der Waals surface area contributed by atoms with E-state index in [4.69, 9.17) is 34.9 Å². The number of aromatic nitrogens is 4. The maximum Gasteiger partial charge on any atom is 0.345 e. The topological polar surface area (TPSA) is 273 Å². The van der Waals surface area contributed by atoms with Crippen molar-refractivity contribution in [3.63, 3.8) is 0 Å². The highest BCUT2D eigenvalue weighted by atomic mass is 31.2. The highest BCUT2D eigenvalue weighted by Gasteiger charge is 2.16. The molecular formula is C40H47N8O10P. The predicted molar refractivity (Wildman–Crippen MR) is 222 cm³/mol. The molecule has 312 valence electrons. The van der Waals surface area contributed by atoms with E-state index in [1.54, 1.807) is 60.7 Å². The average Bonchev–Trinajstić information content (AvgIpc) is 3.21. The molecule has 2 aromatic heterocycles. The first kappa shape index (κ1) is 45.4. The summed E-state index contributed by atoms with van der Waals surface area (Å²) in [5.74, 6) is -2.00. The van der Waals surface area contributed by atoms with Crippen LogP contribution < -0.4 is 32.4 Å². The van der Waals surface area contributed by atoms with Gasteiger partial charge in [0.15, 0.2) is 11.2 Å². The van der Waals surface area contributed by atoms with Gasteiger partial charge in [0.1, 0.15) is 5.75 Å². The smallest absolute Gasteiger partial charge is 0.345 e. The first-order valence-electron chi connectivity index (χ1n) is 18.7. The summed E-state index contributed by atoms with van der Waals surface area (Å²) in [6.45, 7) is 5.83. The molecule has 19 heteroatoms. The minimum absolute atomic E-state index is 0.00258. The van der Waals surface area contributed by atoms with E-state index in [1.165, 1.54) is 6.20 Å². The summed E-state index contributed by atoms with van der Waals surface area (Å²) in [5, 5.41) is 14.5. The van der Waals surface area contributed by atoms with Gasteiger partial charge in [0.2, 0.25) is 17.8 Å². The summed E-state index contributed by atoms with van der Waals surface area (Å²) in [6, 6.07) is 20.5. The average molecular weight is 831 g/mol. The molecule has 2 amide bonds. The van der Waals surface area contributed by atoms with Crippen LogP contribution in [0.2, 0.25) is 0 Å². The fourth-order valence-corrected chi connectivity index (χ4v) is 6.09. The molecule has 3 aromatic carbocycles. The Balaban J connectivity index is 0.000000286. The molecule has 5 aromatic rings. The standard InChI is InChI=1S/C26H34NO8P.C14H13N7O2/c1-3-32-36(33-4-2)34-19-8-7-10-20-15-17-21(18-16-20)35-26(31)22-11-5-6-12-23(22)27-24(28)13-9-14-25(29)30;15-11(22)7-1-3-8(4-2-7)17-5-9-6-18-12-10(19-9)13(23)21-14(16)20-12/h5-6,11-12,15-18H,3-4,7-10,13-14,19H2,1-2H3,(H,27,28)(H,29,30);1-4,6,17H,5H2,(H2,15,22)(H3,16,18,20,21,23). The second-order valence-corrected chi connectivity index (χ2v) is 13.7. The van der Waals surface area contributed by atoms with Crippen LogP contribution in [0.3, 0.4) is 0 Å². The van der Waals surface area contributed by atoms with Gasteiger partial charge in [-0.15, -0.1) is 0 Å². The number of hydrogen-bond donors (Lipinski definition) is 6. The molecule has 0 aliphatic heterocycles. The first-order chi connectivity index (χ1) is 28.4. The molecule has 0 aliphatic carbocycles. The Morgan fingerprint density at radius 2 is 1.58 bits per heavy atom. The fourth-order valence-electron chi connectivity index (χ4n) is 5.16. The molecule has 0 saturated heterocycles. The largest absolute Gasteiger partial charge is 0.481 e. The number of primary amides is 1. The van der Waals surface area contributed by atoms with E-state index in [9.17, 15) is 24.0 Å². The number of rotatable bonds is 21. The lowest BCUT2D eigenvalue weighted by Crippen LogP contribution is -2.17. The van der Waals surface area contributed by atoms with Crippen LogP contribution in [-0.2, 0) is 36.1 Å². The number of aromatic amines is 1. The van der Waals surface area contributed by atoms with Crippen molar-refractivity contribution in [3.05, 3.63) is 112 Å². The minimum Gasteiger partial charge on any atom is -0.481 e. The van der Waals surface area contributed by atoms with E-state index in [-0.39, 0.29) is 47.8 Å². The third-order valence-corrected chi connectivity index (χ3v) is 9.34. The molecule has 0 atom stereocenters. The number of unbranched alkanes of at least 4 members (excludes halogenated alkanes) is 1. The number of para-hydroxylation sites is 1. The minimum atomic E-state index is -1.27. The summed E-state index contributed by atoms with van der Waals surface area (Å²) in [7, 11) is -1.27. The van der Waals surface area contributed by atoms with Gasteiger partial charge in [-0.05, 0) is 93.6 Å². The van der Waals surface area contributed by atoms with Gasteiger partial charge in [-0.2, -0.15) is 4.98 Å². The molecule has 18 nitrogen and oxygen atoms in total. The van der Waals surface area contributed by atoms with Gasteiger partial charge >= 0.3 is 20.5 Å². The van der Waals surface area contributed by atoms with Crippen molar-refractivity contribution in [2.45, 2.75) is 58.9 Å². The van der Waals surface area contributed by atoms with E-state index in [0.29, 0.717) is 49.1 Å². The van der Waals surface area contributed by atoms with Crippen molar-refractivity contribution < 1.29 is 42.6 Å². The lowest BCUT2D eigenvalue weighted by atomic mass is 10.1. The molecule has 5 rings (SSSR count). The van der Waals surface area contributed by atoms with Crippen molar-refractivity contribution in [2.75, 3.05) is 36.2 Å². The van der Waals surface area contributed by atoms with Crippen molar-refractivity contribution in [3.8, 4) is 5.75 Å². The van der Waals surface area contributed by atoms with Gasteiger partial charge in [0.25, 0.3) is 5.56 Å². The Morgan fingerprint density at radius 1 is 0.864 bits per heavy atom. The zero-order chi connectivity index (χ0) is 42.6. The number of fused-ring (bicyclic) bond motifs is 1. The number of benzene rings is 3. The summed E-state index contributed by atoms with van der Waals surface area (Å²) >= 11 is 0. The maximum absolute atomic E-state index is 12.7.